The molecule has 1 rings (SSSR count). The number of amides is 2. The first kappa shape index (κ1) is 25.7. The van der Waals surface area contributed by atoms with E-state index < -0.39 is 32.8 Å². The number of thioether (sulfide) groups is 3. The first-order valence-corrected chi connectivity index (χ1v) is 12.8. The topological polar surface area (TPSA) is 108 Å². The van der Waals surface area contributed by atoms with Crippen LogP contribution in [0.15, 0.2) is 0 Å². The Hall–Kier alpha value is -0.290. The van der Waals surface area contributed by atoms with Crippen molar-refractivity contribution in [1.82, 2.24) is 10.6 Å². The molecule has 0 heterocycles. The van der Waals surface area contributed by atoms with Gasteiger partial charge < -0.3 is 25.6 Å². The Kier molecular flexibility index (Phi) is 9.33. The summed E-state index contributed by atoms with van der Waals surface area (Å²) in [5.74, 6) is -0.603. The second kappa shape index (κ2) is 10.1. The van der Waals surface area contributed by atoms with Gasteiger partial charge in [-0.3, -0.25) is 4.79 Å². The lowest BCUT2D eigenvalue weighted by Crippen LogP contribution is -2.50. The number of aliphatic hydroxyl groups is 2. The van der Waals surface area contributed by atoms with E-state index in [1.807, 2.05) is 18.8 Å². The number of rotatable bonds is 8. The summed E-state index contributed by atoms with van der Waals surface area (Å²) >= 11 is 4.69. The van der Waals surface area contributed by atoms with Crippen LogP contribution < -0.4 is 10.6 Å². The molecule has 1 aliphatic carbocycles. The minimum absolute atomic E-state index is 0.267. The molecular formula is C18H34N2O5S3. The van der Waals surface area contributed by atoms with Crippen LogP contribution in [0, 0.1) is 5.92 Å². The highest BCUT2D eigenvalue weighted by molar-refractivity contribution is 8.33. The van der Waals surface area contributed by atoms with Crippen molar-refractivity contribution in [2.45, 2.75) is 67.2 Å². The quantitative estimate of drug-likeness (QED) is 0.414. The van der Waals surface area contributed by atoms with Crippen LogP contribution in [0.4, 0.5) is 4.79 Å². The molecule has 3 unspecified atom stereocenters. The van der Waals surface area contributed by atoms with Crippen molar-refractivity contribution in [1.29, 1.82) is 0 Å². The van der Waals surface area contributed by atoms with Gasteiger partial charge in [-0.25, -0.2) is 4.79 Å². The zero-order valence-electron chi connectivity index (χ0n) is 17.7. The Balaban J connectivity index is 3.20. The molecule has 1 fully saturated rings. The summed E-state index contributed by atoms with van der Waals surface area (Å²) in [5, 5.41) is 27.1. The summed E-state index contributed by atoms with van der Waals surface area (Å²) in [6.07, 6.45) is 5.91. The van der Waals surface area contributed by atoms with Crippen LogP contribution in [0.1, 0.15) is 40.5 Å². The van der Waals surface area contributed by atoms with Crippen LogP contribution >= 0.6 is 35.3 Å². The van der Waals surface area contributed by atoms with Crippen molar-refractivity contribution >= 4 is 47.3 Å². The average Bonchev–Trinajstić information content (AvgIpc) is 2.90. The summed E-state index contributed by atoms with van der Waals surface area (Å²) < 4.78 is 4.84. The molecule has 28 heavy (non-hydrogen) atoms. The van der Waals surface area contributed by atoms with E-state index in [-0.39, 0.29) is 18.4 Å². The number of alkyl carbamates (subject to hydrolysis) is 1. The molecule has 10 heteroatoms. The highest BCUT2D eigenvalue weighted by Crippen LogP contribution is 2.58. The van der Waals surface area contributed by atoms with E-state index in [9.17, 15) is 19.8 Å². The molecule has 4 atom stereocenters. The van der Waals surface area contributed by atoms with Gasteiger partial charge in [-0.05, 0) is 52.4 Å². The number of hydrogen-bond donors (Lipinski definition) is 4. The number of carbonyl (C=O) groups is 2. The van der Waals surface area contributed by atoms with Crippen LogP contribution in [-0.2, 0) is 9.53 Å². The third kappa shape index (κ3) is 6.10. The van der Waals surface area contributed by atoms with E-state index in [1.54, 1.807) is 56.1 Å². The van der Waals surface area contributed by atoms with Crippen molar-refractivity contribution in [3.63, 3.8) is 0 Å². The lowest BCUT2D eigenvalue weighted by Gasteiger charge is -2.42. The molecule has 7 nitrogen and oxygen atoms in total. The largest absolute Gasteiger partial charge is 0.444 e. The van der Waals surface area contributed by atoms with Crippen molar-refractivity contribution in [3.8, 4) is 0 Å². The predicted molar refractivity (Wildman–Crippen MR) is 119 cm³/mol. The Bertz CT molecular complexity index is 546. The van der Waals surface area contributed by atoms with Crippen molar-refractivity contribution in [2.75, 3.05) is 25.4 Å². The minimum atomic E-state index is -1.11. The maximum absolute atomic E-state index is 12.4. The molecule has 0 radical (unpaired) electrons. The van der Waals surface area contributed by atoms with Crippen molar-refractivity contribution < 1.29 is 24.5 Å². The van der Waals surface area contributed by atoms with E-state index in [0.29, 0.717) is 12.8 Å². The molecule has 0 aliphatic heterocycles. The van der Waals surface area contributed by atoms with Gasteiger partial charge in [0.25, 0.3) is 0 Å². The second-order valence-corrected chi connectivity index (χ2v) is 11.9. The number of nitrogens with one attached hydrogen (secondary N) is 2. The fourth-order valence-corrected chi connectivity index (χ4v) is 7.43. The lowest BCUT2D eigenvalue weighted by atomic mass is 9.93. The molecule has 0 bridgehead atoms. The first-order chi connectivity index (χ1) is 12.9. The lowest BCUT2D eigenvalue weighted by molar-refractivity contribution is -0.120. The van der Waals surface area contributed by atoms with Crippen LogP contribution in [0.5, 0.6) is 0 Å². The number of aliphatic hydroxyl groups excluding tert-OH is 1. The fourth-order valence-electron chi connectivity index (χ4n) is 3.79. The van der Waals surface area contributed by atoms with Gasteiger partial charge in [0.15, 0.2) is 0 Å². The summed E-state index contributed by atoms with van der Waals surface area (Å²) in [7, 11) is 0. The zero-order chi connectivity index (χ0) is 21.8. The molecule has 0 aromatic heterocycles. The standard InChI is InChI=1S/C18H34N2O5S3/c1-11(22)19-14(10-21)12-8-17(24,18(26-5,27-6)28-7)9-13(12)20-15(23)25-16(2,3)4/h12-14,21,24H,8-10H2,1-7H3,(H,19,22)(H,20,23)/t12?,13?,14?,17-/m0/s1. The molecular weight excluding hydrogens is 420 g/mol. The highest BCUT2D eigenvalue weighted by Gasteiger charge is 2.58. The number of carbonyl (C=O) groups excluding carboxylic acids is 2. The SMILES string of the molecule is CSC(SC)(SC)[C@@]1(O)CC(NC(=O)OC(C)(C)C)C(C(CO)NC(C)=O)C1. The van der Waals surface area contributed by atoms with E-state index in [0.717, 1.165) is 0 Å². The summed E-state index contributed by atoms with van der Waals surface area (Å²) in [5.41, 5.74) is -1.76. The maximum Gasteiger partial charge on any atom is 0.407 e. The smallest absolute Gasteiger partial charge is 0.407 e. The molecule has 0 aromatic carbocycles. The van der Waals surface area contributed by atoms with Crippen molar-refractivity contribution in [3.05, 3.63) is 0 Å². The second-order valence-electron chi connectivity index (χ2n) is 8.01. The van der Waals surface area contributed by atoms with Gasteiger partial charge in [-0.1, -0.05) is 0 Å². The molecule has 1 saturated carbocycles. The van der Waals surface area contributed by atoms with Gasteiger partial charge in [0.1, 0.15) is 14.6 Å². The van der Waals surface area contributed by atoms with Crippen LogP contribution in [-0.4, -0.2) is 74.3 Å². The van der Waals surface area contributed by atoms with Crippen LogP contribution in [0.3, 0.4) is 0 Å². The zero-order valence-corrected chi connectivity index (χ0v) is 20.1. The molecule has 0 aromatic rings. The van der Waals surface area contributed by atoms with E-state index >= 15 is 0 Å². The summed E-state index contributed by atoms with van der Waals surface area (Å²) in [6, 6.07) is -1.02. The van der Waals surface area contributed by atoms with E-state index in [2.05, 4.69) is 10.6 Å². The third-order valence-corrected chi connectivity index (χ3v) is 10.6. The first-order valence-electron chi connectivity index (χ1n) is 9.12. The van der Waals surface area contributed by atoms with Gasteiger partial charge in [0.05, 0.1) is 12.6 Å². The summed E-state index contributed by atoms with van der Waals surface area (Å²) in [4.78, 5) is 24.0. The van der Waals surface area contributed by atoms with E-state index in [4.69, 9.17) is 4.74 Å². The minimum Gasteiger partial charge on any atom is -0.444 e. The normalized spacial score (nSPS) is 26.6. The van der Waals surface area contributed by atoms with Gasteiger partial charge >= 0.3 is 6.09 Å². The summed E-state index contributed by atoms with van der Waals surface area (Å²) in [6.45, 7) is 6.45. The Labute approximate surface area is 180 Å². The molecule has 0 saturated heterocycles. The number of ether oxygens (including phenoxy) is 1. The fraction of sp³-hybridized carbons (Fsp3) is 0.889. The molecule has 164 valence electrons. The van der Waals surface area contributed by atoms with Gasteiger partial charge in [0, 0.05) is 18.9 Å². The van der Waals surface area contributed by atoms with Crippen LogP contribution in [0.2, 0.25) is 0 Å². The molecule has 1 aliphatic rings. The highest BCUT2D eigenvalue weighted by atomic mass is 32.3. The monoisotopic (exact) mass is 454 g/mol. The molecule has 4 N–H and O–H groups in total. The average molecular weight is 455 g/mol. The van der Waals surface area contributed by atoms with Gasteiger partial charge in [-0.15, -0.1) is 35.3 Å². The Morgan fingerprint density at radius 3 is 2.11 bits per heavy atom. The maximum atomic E-state index is 12.4. The molecule has 2 amide bonds. The number of hydrogen-bond acceptors (Lipinski definition) is 8. The van der Waals surface area contributed by atoms with Crippen molar-refractivity contribution in [2.24, 2.45) is 5.92 Å². The van der Waals surface area contributed by atoms with E-state index in [1.165, 1.54) is 6.92 Å². The predicted octanol–water partition coefficient (Wildman–Crippen LogP) is 2.26. The third-order valence-electron chi connectivity index (χ3n) is 4.83. The molecule has 0 spiro atoms. The van der Waals surface area contributed by atoms with Gasteiger partial charge in [0.2, 0.25) is 5.91 Å². The van der Waals surface area contributed by atoms with Gasteiger partial charge in [-0.2, -0.15) is 0 Å². The Morgan fingerprint density at radius 1 is 1.18 bits per heavy atom. The Morgan fingerprint density at radius 2 is 1.71 bits per heavy atom. The van der Waals surface area contributed by atoms with Crippen LogP contribution in [0.25, 0.3) is 0 Å².